The van der Waals surface area contributed by atoms with Crippen molar-refractivity contribution in [3.05, 3.63) is 35.9 Å². The van der Waals surface area contributed by atoms with Crippen LogP contribution in [0.2, 0.25) is 0 Å². The maximum Gasteiger partial charge on any atom is 0.0233 e. The zero-order chi connectivity index (χ0) is 12.1. The van der Waals surface area contributed by atoms with Gasteiger partial charge in [-0.05, 0) is 37.3 Å². The van der Waals surface area contributed by atoms with Crippen molar-refractivity contribution >= 4 is 0 Å². The van der Waals surface area contributed by atoms with Crippen molar-refractivity contribution in [2.24, 2.45) is 11.7 Å². The van der Waals surface area contributed by atoms with Crippen LogP contribution in [0.3, 0.4) is 0 Å². The summed E-state index contributed by atoms with van der Waals surface area (Å²) in [4.78, 5) is 2.54. The van der Waals surface area contributed by atoms with Crippen LogP contribution in [0.1, 0.15) is 31.7 Å². The average molecular weight is 232 g/mol. The Bertz CT molecular complexity index is 323. The van der Waals surface area contributed by atoms with E-state index in [9.17, 15) is 0 Å². The largest absolute Gasteiger partial charge is 0.328 e. The molecule has 0 bridgehead atoms. The Morgan fingerprint density at radius 3 is 2.59 bits per heavy atom. The molecule has 1 aromatic carbocycles. The maximum absolute atomic E-state index is 5.98. The third kappa shape index (κ3) is 3.83. The van der Waals surface area contributed by atoms with E-state index in [-0.39, 0.29) is 0 Å². The lowest BCUT2D eigenvalue weighted by molar-refractivity contribution is 0.234. The Kier molecular flexibility index (Phi) is 4.57. The van der Waals surface area contributed by atoms with E-state index < -0.39 is 0 Å². The van der Waals surface area contributed by atoms with Crippen molar-refractivity contribution in [1.82, 2.24) is 4.90 Å². The lowest BCUT2D eigenvalue weighted by Gasteiger charge is -2.24. The van der Waals surface area contributed by atoms with Crippen molar-refractivity contribution in [1.29, 1.82) is 0 Å². The minimum atomic E-state index is 0.454. The van der Waals surface area contributed by atoms with E-state index in [0.717, 1.165) is 19.0 Å². The number of benzene rings is 1. The van der Waals surface area contributed by atoms with Crippen molar-refractivity contribution in [2.75, 3.05) is 13.1 Å². The van der Waals surface area contributed by atoms with Crippen LogP contribution < -0.4 is 5.73 Å². The van der Waals surface area contributed by atoms with Gasteiger partial charge < -0.3 is 5.73 Å². The predicted octanol–water partition coefficient (Wildman–Crippen LogP) is 2.64. The van der Waals surface area contributed by atoms with Crippen molar-refractivity contribution < 1.29 is 0 Å². The van der Waals surface area contributed by atoms with Gasteiger partial charge in [0, 0.05) is 19.1 Å². The van der Waals surface area contributed by atoms with Crippen LogP contribution in [0.25, 0.3) is 0 Å². The van der Waals surface area contributed by atoms with Crippen LogP contribution >= 0.6 is 0 Å². The lowest BCUT2D eigenvalue weighted by atomic mass is 10.1. The molecule has 0 radical (unpaired) electrons. The first-order valence-electron chi connectivity index (χ1n) is 6.79. The Morgan fingerprint density at radius 1 is 1.24 bits per heavy atom. The van der Waals surface area contributed by atoms with Crippen LogP contribution in [0.5, 0.6) is 0 Å². The summed E-state index contributed by atoms with van der Waals surface area (Å²) in [5.74, 6) is 0.814. The minimum Gasteiger partial charge on any atom is -0.328 e. The Morgan fingerprint density at radius 2 is 2.00 bits per heavy atom. The van der Waals surface area contributed by atoms with Gasteiger partial charge in [-0.1, -0.05) is 37.3 Å². The number of nitrogens with two attached hydrogens (primary N) is 1. The van der Waals surface area contributed by atoms with Gasteiger partial charge in [-0.2, -0.15) is 0 Å². The number of hydrogen-bond acceptors (Lipinski definition) is 2. The van der Waals surface area contributed by atoms with E-state index in [0.29, 0.717) is 6.04 Å². The van der Waals surface area contributed by atoms with E-state index >= 15 is 0 Å². The molecular weight excluding hydrogens is 208 g/mol. The second-order valence-electron chi connectivity index (χ2n) is 5.25. The summed E-state index contributed by atoms with van der Waals surface area (Å²) in [5.41, 5.74) is 7.39. The monoisotopic (exact) mass is 232 g/mol. The molecule has 2 rings (SSSR count). The highest BCUT2D eigenvalue weighted by Crippen LogP contribution is 2.25. The normalized spacial score (nSPS) is 24.4. The van der Waals surface area contributed by atoms with E-state index in [1.54, 1.807) is 0 Å². The molecule has 2 unspecified atom stereocenters. The molecule has 2 N–H and O–H groups in total. The fourth-order valence-corrected chi connectivity index (χ4v) is 2.79. The fraction of sp³-hybridized carbons (Fsp3) is 0.600. The Hall–Kier alpha value is -0.860. The molecule has 0 heterocycles. The van der Waals surface area contributed by atoms with Crippen LogP contribution in [0.15, 0.2) is 30.3 Å². The zero-order valence-corrected chi connectivity index (χ0v) is 10.8. The summed E-state index contributed by atoms with van der Waals surface area (Å²) >= 11 is 0. The fourth-order valence-electron chi connectivity index (χ4n) is 2.79. The van der Waals surface area contributed by atoms with Crippen LogP contribution in [0.4, 0.5) is 0 Å². The average Bonchev–Trinajstić information content (AvgIpc) is 2.75. The molecule has 1 aliphatic carbocycles. The van der Waals surface area contributed by atoms with Gasteiger partial charge in [0.05, 0.1) is 0 Å². The number of hydrogen-bond donors (Lipinski definition) is 1. The number of nitrogens with zero attached hydrogens (tertiary/aromatic N) is 1. The van der Waals surface area contributed by atoms with Crippen LogP contribution in [-0.2, 0) is 6.54 Å². The van der Waals surface area contributed by atoms with Gasteiger partial charge in [0.15, 0.2) is 0 Å². The predicted molar refractivity (Wildman–Crippen MR) is 72.7 cm³/mol. The molecule has 2 atom stereocenters. The SMILES string of the molecule is CCN(Cc1ccccc1)CC1CCC(N)C1. The van der Waals surface area contributed by atoms with Crippen LogP contribution in [-0.4, -0.2) is 24.0 Å². The molecule has 17 heavy (non-hydrogen) atoms. The molecule has 0 spiro atoms. The first kappa shape index (κ1) is 12.6. The molecule has 0 saturated heterocycles. The van der Waals surface area contributed by atoms with E-state index in [1.165, 1.54) is 31.4 Å². The Balaban J connectivity index is 1.85. The summed E-state index contributed by atoms with van der Waals surface area (Å²) < 4.78 is 0. The standard InChI is InChI=1S/C15H24N2/c1-2-17(11-13-6-4-3-5-7-13)12-14-8-9-15(16)10-14/h3-7,14-15H,2,8-12,16H2,1H3. The summed E-state index contributed by atoms with van der Waals surface area (Å²) in [5, 5.41) is 0. The molecule has 94 valence electrons. The smallest absolute Gasteiger partial charge is 0.0233 e. The molecule has 2 nitrogen and oxygen atoms in total. The minimum absolute atomic E-state index is 0.454. The molecule has 1 aliphatic rings. The van der Waals surface area contributed by atoms with Gasteiger partial charge in [0.2, 0.25) is 0 Å². The topological polar surface area (TPSA) is 29.3 Å². The van der Waals surface area contributed by atoms with Crippen molar-refractivity contribution in [3.63, 3.8) is 0 Å². The van der Waals surface area contributed by atoms with Gasteiger partial charge in [-0.25, -0.2) is 0 Å². The quantitative estimate of drug-likeness (QED) is 0.845. The first-order valence-corrected chi connectivity index (χ1v) is 6.79. The molecule has 0 aromatic heterocycles. The highest BCUT2D eigenvalue weighted by molar-refractivity contribution is 5.14. The van der Waals surface area contributed by atoms with E-state index in [4.69, 9.17) is 5.73 Å². The maximum atomic E-state index is 5.98. The van der Waals surface area contributed by atoms with E-state index in [2.05, 4.69) is 42.2 Å². The second kappa shape index (κ2) is 6.18. The molecule has 1 fully saturated rings. The van der Waals surface area contributed by atoms with E-state index in [1.807, 2.05) is 0 Å². The highest BCUT2D eigenvalue weighted by Gasteiger charge is 2.23. The zero-order valence-electron chi connectivity index (χ0n) is 10.8. The second-order valence-corrected chi connectivity index (χ2v) is 5.25. The van der Waals surface area contributed by atoms with Gasteiger partial charge in [-0.3, -0.25) is 4.90 Å². The molecule has 0 aliphatic heterocycles. The summed E-state index contributed by atoms with van der Waals surface area (Å²) in [6, 6.07) is 11.2. The van der Waals surface area contributed by atoms with Gasteiger partial charge >= 0.3 is 0 Å². The molecule has 2 heteroatoms. The van der Waals surface area contributed by atoms with Gasteiger partial charge in [-0.15, -0.1) is 0 Å². The number of rotatable bonds is 5. The Labute approximate surface area is 105 Å². The molecular formula is C15H24N2. The highest BCUT2D eigenvalue weighted by atomic mass is 15.1. The molecule has 1 saturated carbocycles. The third-order valence-corrected chi connectivity index (χ3v) is 3.79. The lowest BCUT2D eigenvalue weighted by Crippen LogP contribution is -2.29. The van der Waals surface area contributed by atoms with Crippen molar-refractivity contribution in [2.45, 2.75) is 38.8 Å². The van der Waals surface area contributed by atoms with Gasteiger partial charge in [0.1, 0.15) is 0 Å². The third-order valence-electron chi connectivity index (χ3n) is 3.79. The van der Waals surface area contributed by atoms with Crippen molar-refractivity contribution in [3.8, 4) is 0 Å². The summed E-state index contributed by atoms with van der Waals surface area (Å²) in [6.07, 6.45) is 3.74. The molecule has 1 aromatic rings. The summed E-state index contributed by atoms with van der Waals surface area (Å²) in [6.45, 7) is 5.65. The summed E-state index contributed by atoms with van der Waals surface area (Å²) in [7, 11) is 0. The van der Waals surface area contributed by atoms with Gasteiger partial charge in [0.25, 0.3) is 0 Å². The first-order chi connectivity index (χ1) is 8.28. The molecule has 0 amide bonds. The van der Waals surface area contributed by atoms with Crippen LogP contribution in [0, 0.1) is 5.92 Å².